The van der Waals surface area contributed by atoms with Crippen molar-refractivity contribution in [1.82, 2.24) is 0 Å². The highest BCUT2D eigenvalue weighted by Gasteiger charge is 2.16. The quantitative estimate of drug-likeness (QED) is 0.293. The Bertz CT molecular complexity index is 147. The zero-order valence-corrected chi connectivity index (χ0v) is 7.87. The van der Waals surface area contributed by atoms with Crippen LogP contribution in [0.4, 0.5) is 0 Å². The van der Waals surface area contributed by atoms with E-state index in [1.807, 2.05) is 0 Å². The number of aliphatic hydroxyl groups excluding tert-OH is 4. The second-order valence-corrected chi connectivity index (χ2v) is 2.62. The Morgan fingerprint density at radius 3 is 1.64 bits per heavy atom. The summed E-state index contributed by atoms with van der Waals surface area (Å²) in [6.07, 6.45) is -1.93. The van der Waals surface area contributed by atoms with Crippen LogP contribution in [0.3, 0.4) is 0 Å². The zero-order chi connectivity index (χ0) is 11.7. The number of aliphatic hydroxyl groups is 4. The average molecular weight is 211 g/mol. The highest BCUT2D eigenvalue weighted by atomic mass is 16.4. The Morgan fingerprint density at radius 1 is 1.29 bits per heavy atom. The minimum Gasteiger partial charge on any atom is -0.480 e. The summed E-state index contributed by atoms with van der Waals surface area (Å²) in [6, 6.07) is -1.16. The molecule has 0 fully saturated rings. The normalized spacial score (nSPS) is 14.2. The minimum atomic E-state index is -1.18. The van der Waals surface area contributed by atoms with E-state index in [1.165, 1.54) is 6.92 Å². The molecule has 0 aromatic heterocycles. The lowest BCUT2D eigenvalue weighted by Gasteiger charge is -2.06. The van der Waals surface area contributed by atoms with Gasteiger partial charge in [0.05, 0.1) is 19.3 Å². The smallest absolute Gasteiger partial charge is 0.323 e. The van der Waals surface area contributed by atoms with Crippen LogP contribution in [0, 0.1) is 0 Å². The van der Waals surface area contributed by atoms with Gasteiger partial charge in [-0.3, -0.25) is 4.79 Å². The Balaban J connectivity index is 0. The fraction of sp³-hybridized carbons (Fsp3) is 0.857. The van der Waals surface area contributed by atoms with E-state index in [-0.39, 0.29) is 13.2 Å². The first-order valence-corrected chi connectivity index (χ1v) is 3.93. The third-order valence-corrected chi connectivity index (χ3v) is 1.23. The number of hydrogen-bond acceptors (Lipinski definition) is 6. The number of carboxylic acid groups (broad SMARTS) is 1. The van der Waals surface area contributed by atoms with Gasteiger partial charge in [0.15, 0.2) is 0 Å². The lowest BCUT2D eigenvalue weighted by molar-refractivity contribution is -0.140. The van der Waals surface area contributed by atoms with E-state index < -0.39 is 24.2 Å². The molecule has 2 unspecified atom stereocenters. The first-order chi connectivity index (χ1) is 6.36. The van der Waals surface area contributed by atoms with Crippen LogP contribution in [-0.2, 0) is 4.79 Å². The lowest BCUT2D eigenvalue weighted by Crippen LogP contribution is -2.39. The van der Waals surface area contributed by atoms with Crippen molar-refractivity contribution >= 4 is 5.97 Å². The molecule has 0 heterocycles. The summed E-state index contributed by atoms with van der Waals surface area (Å²) in [5, 5.41) is 40.6. The van der Waals surface area contributed by atoms with Gasteiger partial charge in [-0.05, 0) is 6.92 Å². The molecule has 0 saturated carbocycles. The van der Waals surface area contributed by atoms with E-state index in [4.69, 9.17) is 31.3 Å². The maximum atomic E-state index is 9.86. The van der Waals surface area contributed by atoms with Crippen molar-refractivity contribution in [2.75, 3.05) is 13.2 Å². The highest BCUT2D eigenvalue weighted by molar-refractivity contribution is 5.73. The monoisotopic (exact) mass is 211 g/mol. The Kier molecular flexibility index (Phi) is 9.94. The molecule has 2 atom stereocenters. The molecular weight excluding hydrogens is 194 g/mol. The topological polar surface area (TPSA) is 144 Å². The van der Waals surface area contributed by atoms with Crippen LogP contribution >= 0.6 is 0 Å². The third kappa shape index (κ3) is 9.36. The second kappa shape index (κ2) is 8.85. The van der Waals surface area contributed by atoms with Gasteiger partial charge in [0.2, 0.25) is 0 Å². The predicted molar refractivity (Wildman–Crippen MR) is 47.5 cm³/mol. The second-order valence-electron chi connectivity index (χ2n) is 2.62. The van der Waals surface area contributed by atoms with Gasteiger partial charge >= 0.3 is 5.97 Å². The van der Waals surface area contributed by atoms with E-state index in [1.54, 1.807) is 0 Å². The molecule has 7 heteroatoms. The number of carboxylic acids is 1. The zero-order valence-electron chi connectivity index (χ0n) is 7.87. The standard InChI is InChI=1S/C4H9NO3.C3H8O3/c1-2(6)3(5)4(7)8;4-1-3(6)2-5/h2-3,6H,5H2,1H3,(H,7,8);3-6H,1-2H2. The maximum Gasteiger partial charge on any atom is 0.323 e. The van der Waals surface area contributed by atoms with Crippen molar-refractivity contribution in [3.05, 3.63) is 0 Å². The SMILES string of the molecule is CC(O)C(N)C(=O)O.OCC(O)CO. The van der Waals surface area contributed by atoms with Gasteiger partial charge in [-0.2, -0.15) is 0 Å². The van der Waals surface area contributed by atoms with E-state index in [0.29, 0.717) is 0 Å². The molecule has 0 aromatic rings. The number of nitrogens with two attached hydrogens (primary N) is 1. The first-order valence-electron chi connectivity index (χ1n) is 3.93. The molecule has 7 nitrogen and oxygen atoms in total. The summed E-state index contributed by atoms with van der Waals surface area (Å²) in [4.78, 5) is 9.86. The van der Waals surface area contributed by atoms with Crippen LogP contribution in [0.25, 0.3) is 0 Å². The Labute approximate surface area is 81.4 Å². The molecule has 0 rings (SSSR count). The Morgan fingerprint density at radius 2 is 1.64 bits per heavy atom. The summed E-state index contributed by atoms with van der Waals surface area (Å²) in [5.41, 5.74) is 4.91. The van der Waals surface area contributed by atoms with Crippen LogP contribution in [0.2, 0.25) is 0 Å². The van der Waals surface area contributed by atoms with Gasteiger partial charge in [-0.15, -0.1) is 0 Å². The summed E-state index contributed by atoms with van der Waals surface area (Å²) in [5.74, 6) is -1.18. The van der Waals surface area contributed by atoms with Gasteiger partial charge < -0.3 is 31.3 Å². The molecule has 0 amide bonds. The van der Waals surface area contributed by atoms with E-state index in [9.17, 15) is 4.79 Å². The molecule has 7 N–H and O–H groups in total. The van der Waals surface area contributed by atoms with Crippen molar-refractivity contribution < 1.29 is 30.3 Å². The van der Waals surface area contributed by atoms with Gasteiger partial charge in [0.25, 0.3) is 0 Å². The molecule has 0 bridgehead atoms. The molecule has 0 spiro atoms. The van der Waals surface area contributed by atoms with Crippen LogP contribution < -0.4 is 5.73 Å². The summed E-state index contributed by atoms with van der Waals surface area (Å²) < 4.78 is 0. The van der Waals surface area contributed by atoms with Gasteiger partial charge in [-0.1, -0.05) is 0 Å². The fourth-order valence-electron chi connectivity index (χ4n) is 0.264. The molecular formula is C7H17NO6. The van der Waals surface area contributed by atoms with E-state index in [2.05, 4.69) is 0 Å². The Hall–Kier alpha value is -0.730. The van der Waals surface area contributed by atoms with Crippen molar-refractivity contribution in [1.29, 1.82) is 0 Å². The fourth-order valence-corrected chi connectivity index (χ4v) is 0.264. The summed E-state index contributed by atoms with van der Waals surface area (Å²) in [7, 11) is 0. The van der Waals surface area contributed by atoms with Crippen molar-refractivity contribution in [2.45, 2.75) is 25.2 Å². The largest absolute Gasteiger partial charge is 0.480 e. The van der Waals surface area contributed by atoms with Crippen molar-refractivity contribution in [3.8, 4) is 0 Å². The molecule has 0 aliphatic carbocycles. The number of aliphatic carboxylic acids is 1. The van der Waals surface area contributed by atoms with Crippen LogP contribution in [0.5, 0.6) is 0 Å². The van der Waals surface area contributed by atoms with E-state index in [0.717, 1.165) is 0 Å². The molecule has 0 aliphatic heterocycles. The summed E-state index contributed by atoms with van der Waals surface area (Å²) >= 11 is 0. The van der Waals surface area contributed by atoms with Gasteiger partial charge in [0, 0.05) is 0 Å². The predicted octanol–water partition coefficient (Wildman–Crippen LogP) is -2.89. The molecule has 0 aliphatic rings. The van der Waals surface area contributed by atoms with Crippen LogP contribution in [0.1, 0.15) is 6.92 Å². The first kappa shape index (κ1) is 15.7. The van der Waals surface area contributed by atoms with Gasteiger partial charge in [0.1, 0.15) is 12.1 Å². The molecule has 86 valence electrons. The highest BCUT2D eigenvalue weighted by Crippen LogP contribution is 1.85. The van der Waals surface area contributed by atoms with Crippen LogP contribution in [0.15, 0.2) is 0 Å². The number of hydrogen-bond donors (Lipinski definition) is 6. The molecule has 0 aromatic carbocycles. The van der Waals surface area contributed by atoms with Crippen LogP contribution in [-0.4, -0.2) is 63.0 Å². The number of rotatable bonds is 4. The lowest BCUT2D eigenvalue weighted by atomic mass is 10.2. The van der Waals surface area contributed by atoms with Gasteiger partial charge in [-0.25, -0.2) is 0 Å². The number of carbonyl (C=O) groups is 1. The average Bonchev–Trinajstić information content (AvgIpc) is 2.15. The summed E-state index contributed by atoms with van der Waals surface area (Å²) in [6.45, 7) is 0.603. The molecule has 0 saturated heterocycles. The van der Waals surface area contributed by atoms with E-state index >= 15 is 0 Å². The van der Waals surface area contributed by atoms with Crippen molar-refractivity contribution in [3.63, 3.8) is 0 Å². The minimum absolute atomic E-state index is 0.365. The molecule has 0 radical (unpaired) electrons. The molecule has 14 heavy (non-hydrogen) atoms. The maximum absolute atomic E-state index is 9.86. The third-order valence-electron chi connectivity index (χ3n) is 1.23. The van der Waals surface area contributed by atoms with Crippen molar-refractivity contribution in [2.24, 2.45) is 5.73 Å².